The van der Waals surface area contributed by atoms with Crippen molar-refractivity contribution in [2.75, 3.05) is 12.4 Å². The molecule has 0 bridgehead atoms. The molecule has 0 fully saturated rings. The van der Waals surface area contributed by atoms with Gasteiger partial charge in [-0.1, -0.05) is 35.9 Å². The van der Waals surface area contributed by atoms with E-state index in [2.05, 4.69) is 15.3 Å². The number of methoxy groups -OCH3 is 1. The predicted octanol–water partition coefficient (Wildman–Crippen LogP) is 6.27. The third-order valence-electron chi connectivity index (χ3n) is 4.83. The number of para-hydroxylation sites is 1. The monoisotopic (exact) mass is 407 g/mol. The van der Waals surface area contributed by atoms with Gasteiger partial charge in [0.2, 0.25) is 5.88 Å². The van der Waals surface area contributed by atoms with Gasteiger partial charge in [0.15, 0.2) is 0 Å². The number of pyridine rings is 2. The van der Waals surface area contributed by atoms with Crippen molar-refractivity contribution < 1.29 is 9.13 Å². The number of hydrogen-bond acceptors (Lipinski definition) is 4. The Hall–Kier alpha value is -3.18. The zero-order valence-corrected chi connectivity index (χ0v) is 16.7. The SMILES string of the molecule is COc1ccc(-c2ccc(F)c(C(C)Nc3c(Cl)cnc4ccccc34)c2)cn1. The van der Waals surface area contributed by atoms with Crippen molar-refractivity contribution in [1.82, 2.24) is 9.97 Å². The molecule has 2 aromatic carbocycles. The Kier molecular flexibility index (Phi) is 5.32. The molecule has 0 amide bonds. The fourth-order valence-electron chi connectivity index (χ4n) is 3.28. The molecule has 1 unspecified atom stereocenters. The van der Waals surface area contributed by atoms with Gasteiger partial charge in [0.25, 0.3) is 0 Å². The van der Waals surface area contributed by atoms with Gasteiger partial charge in [-0.05, 0) is 36.8 Å². The third-order valence-corrected chi connectivity index (χ3v) is 5.12. The first-order valence-electron chi connectivity index (χ1n) is 9.16. The third kappa shape index (κ3) is 3.87. The van der Waals surface area contributed by atoms with Crippen molar-refractivity contribution >= 4 is 28.2 Å². The highest BCUT2D eigenvalue weighted by atomic mass is 35.5. The molecule has 0 saturated carbocycles. The molecule has 4 aromatic rings. The van der Waals surface area contributed by atoms with Gasteiger partial charge in [-0.25, -0.2) is 9.37 Å². The van der Waals surface area contributed by atoms with Crippen molar-refractivity contribution in [1.29, 1.82) is 0 Å². The number of hydrogen-bond donors (Lipinski definition) is 1. The second-order valence-corrected chi connectivity index (χ2v) is 7.10. The lowest BCUT2D eigenvalue weighted by Gasteiger charge is -2.19. The molecule has 2 heterocycles. The number of nitrogens with one attached hydrogen (secondary N) is 1. The summed E-state index contributed by atoms with van der Waals surface area (Å²) in [5.74, 6) is 0.245. The molecular formula is C23H19ClFN3O. The molecule has 0 aliphatic heterocycles. The molecule has 6 heteroatoms. The lowest BCUT2D eigenvalue weighted by Crippen LogP contribution is -2.10. The first kappa shape index (κ1) is 19.2. The zero-order valence-electron chi connectivity index (χ0n) is 16.0. The molecule has 0 aliphatic carbocycles. The minimum atomic E-state index is -0.315. The molecular weight excluding hydrogens is 389 g/mol. The summed E-state index contributed by atoms with van der Waals surface area (Å²) in [6.45, 7) is 1.90. The summed E-state index contributed by atoms with van der Waals surface area (Å²) in [5, 5.41) is 4.74. The molecule has 0 spiro atoms. The summed E-state index contributed by atoms with van der Waals surface area (Å²) in [4.78, 5) is 8.57. The highest BCUT2D eigenvalue weighted by Gasteiger charge is 2.16. The van der Waals surface area contributed by atoms with E-state index in [-0.39, 0.29) is 11.9 Å². The molecule has 4 nitrogen and oxygen atoms in total. The van der Waals surface area contributed by atoms with E-state index in [1.807, 2.05) is 43.3 Å². The van der Waals surface area contributed by atoms with Crippen molar-refractivity contribution in [3.63, 3.8) is 0 Å². The molecule has 4 rings (SSSR count). The highest BCUT2D eigenvalue weighted by molar-refractivity contribution is 6.34. The minimum Gasteiger partial charge on any atom is -0.481 e. The van der Waals surface area contributed by atoms with Gasteiger partial charge in [0.05, 0.1) is 29.4 Å². The zero-order chi connectivity index (χ0) is 20.4. The van der Waals surface area contributed by atoms with E-state index in [9.17, 15) is 4.39 Å². The Morgan fingerprint density at radius 1 is 1.00 bits per heavy atom. The maximum atomic E-state index is 14.7. The highest BCUT2D eigenvalue weighted by Crippen LogP contribution is 2.34. The number of benzene rings is 2. The Labute approximate surface area is 173 Å². The Bertz CT molecular complexity index is 1160. The summed E-state index contributed by atoms with van der Waals surface area (Å²) in [7, 11) is 1.57. The second kappa shape index (κ2) is 8.05. The maximum absolute atomic E-state index is 14.7. The van der Waals surface area contributed by atoms with Crippen LogP contribution in [-0.4, -0.2) is 17.1 Å². The summed E-state index contributed by atoms with van der Waals surface area (Å²) < 4.78 is 19.8. The van der Waals surface area contributed by atoms with Gasteiger partial charge >= 0.3 is 0 Å². The number of fused-ring (bicyclic) bond motifs is 1. The van der Waals surface area contributed by atoms with E-state index in [1.165, 1.54) is 6.07 Å². The number of aromatic nitrogens is 2. The maximum Gasteiger partial charge on any atom is 0.212 e. The normalized spacial score (nSPS) is 12.0. The molecule has 1 atom stereocenters. The lowest BCUT2D eigenvalue weighted by atomic mass is 10.00. The summed E-state index contributed by atoms with van der Waals surface area (Å²) in [6.07, 6.45) is 3.32. The van der Waals surface area contributed by atoms with Crippen molar-refractivity contribution in [2.24, 2.45) is 0 Å². The topological polar surface area (TPSA) is 47.0 Å². The number of nitrogens with zero attached hydrogens (tertiary/aromatic N) is 2. The van der Waals surface area contributed by atoms with Crippen LogP contribution in [0.2, 0.25) is 5.02 Å². The molecule has 146 valence electrons. The van der Waals surface area contributed by atoms with Gasteiger partial charge < -0.3 is 10.1 Å². The quantitative estimate of drug-likeness (QED) is 0.423. The first-order chi connectivity index (χ1) is 14.1. The smallest absolute Gasteiger partial charge is 0.212 e. The molecule has 0 saturated heterocycles. The molecule has 1 N–H and O–H groups in total. The molecule has 2 aromatic heterocycles. The van der Waals surface area contributed by atoms with Crippen LogP contribution in [0.4, 0.5) is 10.1 Å². The number of ether oxygens (including phenoxy) is 1. The number of anilines is 1. The van der Waals surface area contributed by atoms with Crippen LogP contribution in [-0.2, 0) is 0 Å². The molecule has 0 aliphatic rings. The van der Waals surface area contributed by atoms with E-state index in [1.54, 1.807) is 31.6 Å². The number of halogens is 2. The summed E-state index contributed by atoms with van der Waals surface area (Å²) >= 11 is 6.39. The van der Waals surface area contributed by atoms with Crippen LogP contribution < -0.4 is 10.1 Å². The fraction of sp³-hybridized carbons (Fsp3) is 0.130. The van der Waals surface area contributed by atoms with Gasteiger partial charge in [0.1, 0.15) is 5.82 Å². The second-order valence-electron chi connectivity index (χ2n) is 6.69. The summed E-state index contributed by atoms with van der Waals surface area (Å²) in [6, 6.07) is 16.1. The van der Waals surface area contributed by atoms with Crippen LogP contribution >= 0.6 is 11.6 Å². The Morgan fingerprint density at radius 2 is 1.79 bits per heavy atom. The standard InChI is InChI=1S/C23H19ClFN3O/c1-14(28-23-17-5-3-4-6-21(17)26-13-19(23)24)18-11-15(7-9-20(18)25)16-8-10-22(29-2)27-12-16/h3-14H,1-2H3,(H,26,28). The van der Waals surface area contributed by atoms with Gasteiger partial charge in [-0.3, -0.25) is 4.98 Å². The van der Waals surface area contributed by atoms with Crippen molar-refractivity contribution in [3.8, 4) is 17.0 Å². The van der Waals surface area contributed by atoms with E-state index in [0.29, 0.717) is 16.5 Å². The Balaban J connectivity index is 1.69. The largest absolute Gasteiger partial charge is 0.481 e. The van der Waals surface area contributed by atoms with Crippen LogP contribution in [0, 0.1) is 5.82 Å². The van der Waals surface area contributed by atoms with Gasteiger partial charge in [0, 0.05) is 35.0 Å². The predicted molar refractivity (Wildman–Crippen MR) is 115 cm³/mol. The van der Waals surface area contributed by atoms with Crippen LogP contribution in [0.25, 0.3) is 22.0 Å². The van der Waals surface area contributed by atoms with E-state index < -0.39 is 0 Å². The summed E-state index contributed by atoms with van der Waals surface area (Å²) in [5.41, 5.74) is 3.85. The van der Waals surface area contributed by atoms with Crippen molar-refractivity contribution in [3.05, 3.63) is 83.4 Å². The van der Waals surface area contributed by atoms with E-state index in [0.717, 1.165) is 27.7 Å². The average molecular weight is 408 g/mol. The van der Waals surface area contributed by atoms with E-state index >= 15 is 0 Å². The first-order valence-corrected chi connectivity index (χ1v) is 9.54. The minimum absolute atomic E-state index is 0.287. The fourth-order valence-corrected chi connectivity index (χ4v) is 3.49. The van der Waals surface area contributed by atoms with Crippen LogP contribution in [0.15, 0.2) is 67.0 Å². The number of rotatable bonds is 5. The molecule has 29 heavy (non-hydrogen) atoms. The van der Waals surface area contributed by atoms with Crippen LogP contribution in [0.1, 0.15) is 18.5 Å². The Morgan fingerprint density at radius 3 is 2.55 bits per heavy atom. The lowest BCUT2D eigenvalue weighted by molar-refractivity contribution is 0.398. The van der Waals surface area contributed by atoms with Crippen molar-refractivity contribution in [2.45, 2.75) is 13.0 Å². The molecule has 0 radical (unpaired) electrons. The van der Waals surface area contributed by atoms with E-state index in [4.69, 9.17) is 16.3 Å². The average Bonchev–Trinajstić information content (AvgIpc) is 2.76. The van der Waals surface area contributed by atoms with Gasteiger partial charge in [-0.2, -0.15) is 0 Å². The van der Waals surface area contributed by atoms with Crippen LogP contribution in [0.5, 0.6) is 5.88 Å². The van der Waals surface area contributed by atoms with Gasteiger partial charge in [-0.15, -0.1) is 0 Å². The van der Waals surface area contributed by atoms with Crippen LogP contribution in [0.3, 0.4) is 0 Å².